The number of hydrogen-bond acceptors (Lipinski definition) is 3. The summed E-state index contributed by atoms with van der Waals surface area (Å²) in [6.07, 6.45) is 3.79. The second kappa shape index (κ2) is 1.94. The van der Waals surface area contributed by atoms with Crippen molar-refractivity contribution >= 4 is 0 Å². The van der Waals surface area contributed by atoms with E-state index < -0.39 is 0 Å². The Morgan fingerprint density at radius 1 is 1.62 bits per heavy atom. The monoisotopic (exact) mass is 111 g/mol. The van der Waals surface area contributed by atoms with E-state index in [0.29, 0.717) is 0 Å². The van der Waals surface area contributed by atoms with Gasteiger partial charge in [0.2, 0.25) is 0 Å². The highest BCUT2D eigenvalue weighted by Crippen LogP contribution is 2.03. The molecule has 0 aromatic rings. The van der Waals surface area contributed by atoms with Crippen molar-refractivity contribution in [3.63, 3.8) is 0 Å². The second-order valence-corrected chi connectivity index (χ2v) is 1.83. The minimum absolute atomic E-state index is 0.208. The molecule has 1 aliphatic rings. The maximum atomic E-state index is 3.88. The van der Waals surface area contributed by atoms with Crippen LogP contribution in [-0.4, -0.2) is 18.1 Å². The summed E-state index contributed by atoms with van der Waals surface area (Å²) in [5.74, 6) is 0. The summed E-state index contributed by atoms with van der Waals surface area (Å²) in [5, 5.41) is 7.59. The van der Waals surface area contributed by atoms with E-state index >= 15 is 0 Å². The predicted octanol–water partition coefficient (Wildman–Crippen LogP) is 1.20. The van der Waals surface area contributed by atoms with Crippen LogP contribution >= 0.6 is 0 Å². The first-order valence-electron chi connectivity index (χ1n) is 2.59. The topological polar surface area (TPSA) is 28.0 Å². The molecule has 44 valence electrons. The highest BCUT2D eigenvalue weighted by molar-refractivity contribution is 4.83. The number of azo groups is 1. The Bertz CT molecular complexity index is 112. The molecule has 1 unspecified atom stereocenters. The predicted molar refractivity (Wildman–Crippen MR) is 31.2 cm³/mol. The third-order valence-corrected chi connectivity index (χ3v) is 1.19. The number of rotatable bonds is 0. The average Bonchev–Trinajstić information content (AvgIpc) is 1.77. The van der Waals surface area contributed by atoms with Gasteiger partial charge in [0.05, 0.1) is 6.20 Å². The quantitative estimate of drug-likeness (QED) is 0.461. The Kier molecular flexibility index (Phi) is 1.28. The van der Waals surface area contributed by atoms with Crippen LogP contribution in [0.15, 0.2) is 22.6 Å². The van der Waals surface area contributed by atoms with E-state index in [1.807, 2.05) is 25.1 Å². The van der Waals surface area contributed by atoms with Crippen molar-refractivity contribution < 1.29 is 0 Å². The highest BCUT2D eigenvalue weighted by Gasteiger charge is 2.03. The first kappa shape index (κ1) is 5.28. The molecule has 0 bridgehead atoms. The van der Waals surface area contributed by atoms with Crippen LogP contribution in [0.2, 0.25) is 0 Å². The van der Waals surface area contributed by atoms with Crippen LogP contribution in [0.1, 0.15) is 6.92 Å². The van der Waals surface area contributed by atoms with Crippen LogP contribution in [0.3, 0.4) is 0 Å². The molecule has 0 fully saturated rings. The van der Waals surface area contributed by atoms with Gasteiger partial charge in [-0.15, -0.1) is 0 Å². The second-order valence-electron chi connectivity index (χ2n) is 1.83. The van der Waals surface area contributed by atoms with E-state index in [2.05, 4.69) is 10.2 Å². The average molecular weight is 111 g/mol. The normalized spacial score (nSPS) is 26.8. The van der Waals surface area contributed by atoms with E-state index in [0.717, 1.165) is 0 Å². The van der Waals surface area contributed by atoms with E-state index in [9.17, 15) is 0 Å². The molecule has 0 spiro atoms. The minimum atomic E-state index is 0.208. The van der Waals surface area contributed by atoms with Gasteiger partial charge in [-0.2, -0.15) is 10.2 Å². The molecule has 1 aliphatic heterocycles. The molecule has 0 amide bonds. The van der Waals surface area contributed by atoms with Crippen molar-refractivity contribution in [2.45, 2.75) is 13.1 Å². The largest absolute Gasteiger partial charge is 0.356 e. The van der Waals surface area contributed by atoms with Crippen molar-refractivity contribution in [1.29, 1.82) is 0 Å². The maximum absolute atomic E-state index is 3.88. The van der Waals surface area contributed by atoms with Crippen LogP contribution < -0.4 is 0 Å². The fraction of sp³-hybridized carbons (Fsp3) is 0.600. The summed E-state index contributed by atoms with van der Waals surface area (Å²) in [6, 6.07) is 0. The molecular formula is C5H9N3. The molecule has 1 heterocycles. The van der Waals surface area contributed by atoms with E-state index in [1.165, 1.54) is 0 Å². The summed E-state index contributed by atoms with van der Waals surface area (Å²) < 4.78 is 0. The molecule has 0 saturated carbocycles. The molecule has 0 aromatic carbocycles. The fourth-order valence-corrected chi connectivity index (χ4v) is 0.476. The molecule has 0 aliphatic carbocycles. The summed E-state index contributed by atoms with van der Waals surface area (Å²) in [7, 11) is 1.97. The molecule has 1 atom stereocenters. The van der Waals surface area contributed by atoms with Gasteiger partial charge in [0, 0.05) is 13.2 Å². The van der Waals surface area contributed by atoms with Crippen molar-refractivity contribution in [3.05, 3.63) is 12.4 Å². The van der Waals surface area contributed by atoms with Gasteiger partial charge in [0.15, 0.2) is 0 Å². The summed E-state index contributed by atoms with van der Waals surface area (Å²) in [6.45, 7) is 1.99. The Balaban J connectivity index is 2.59. The smallest absolute Gasteiger partial charge is 0.139 e. The Hall–Kier alpha value is -0.860. The van der Waals surface area contributed by atoms with Crippen molar-refractivity contribution in [2.24, 2.45) is 10.2 Å². The first-order chi connectivity index (χ1) is 3.80. The van der Waals surface area contributed by atoms with E-state index in [1.54, 1.807) is 6.20 Å². The standard InChI is InChI=1S/C5H9N3/c1-5-7-6-3-4-8(5)2/h3-5H,1-2H3. The Labute approximate surface area is 48.7 Å². The van der Waals surface area contributed by atoms with Crippen LogP contribution in [0.4, 0.5) is 0 Å². The lowest BCUT2D eigenvalue weighted by atomic mass is 10.5. The maximum Gasteiger partial charge on any atom is 0.139 e. The van der Waals surface area contributed by atoms with Crippen LogP contribution in [-0.2, 0) is 0 Å². The molecule has 0 N–H and O–H groups in total. The Morgan fingerprint density at radius 2 is 2.38 bits per heavy atom. The lowest BCUT2D eigenvalue weighted by Crippen LogP contribution is -2.22. The fourth-order valence-electron chi connectivity index (χ4n) is 0.476. The minimum Gasteiger partial charge on any atom is -0.356 e. The molecule has 3 nitrogen and oxygen atoms in total. The van der Waals surface area contributed by atoms with E-state index in [4.69, 9.17) is 0 Å². The molecule has 0 saturated heterocycles. The lowest BCUT2D eigenvalue weighted by Gasteiger charge is -2.19. The van der Waals surface area contributed by atoms with Gasteiger partial charge in [-0.25, -0.2) is 0 Å². The number of nitrogens with zero attached hydrogens (tertiary/aromatic N) is 3. The third-order valence-electron chi connectivity index (χ3n) is 1.19. The summed E-state index contributed by atoms with van der Waals surface area (Å²) in [5.41, 5.74) is 0. The molecule has 3 heteroatoms. The molecule has 0 radical (unpaired) electrons. The van der Waals surface area contributed by atoms with Gasteiger partial charge in [-0.3, -0.25) is 0 Å². The van der Waals surface area contributed by atoms with Crippen LogP contribution in [0, 0.1) is 0 Å². The molecule has 1 rings (SSSR count). The zero-order chi connectivity index (χ0) is 5.98. The summed E-state index contributed by atoms with van der Waals surface area (Å²) in [4.78, 5) is 1.99. The van der Waals surface area contributed by atoms with Gasteiger partial charge in [-0.1, -0.05) is 0 Å². The van der Waals surface area contributed by atoms with Gasteiger partial charge >= 0.3 is 0 Å². The summed E-state index contributed by atoms with van der Waals surface area (Å²) >= 11 is 0. The lowest BCUT2D eigenvalue weighted by molar-refractivity contribution is 0.340. The third kappa shape index (κ3) is 0.857. The Morgan fingerprint density at radius 3 is 2.75 bits per heavy atom. The van der Waals surface area contributed by atoms with Crippen molar-refractivity contribution in [2.75, 3.05) is 7.05 Å². The van der Waals surface area contributed by atoms with Crippen molar-refractivity contribution in [3.8, 4) is 0 Å². The molecule has 8 heavy (non-hydrogen) atoms. The zero-order valence-electron chi connectivity index (χ0n) is 5.07. The molecule has 0 aromatic heterocycles. The van der Waals surface area contributed by atoms with Crippen LogP contribution in [0.5, 0.6) is 0 Å². The SMILES string of the molecule is CC1N=NC=CN1C. The number of hydrogen-bond donors (Lipinski definition) is 0. The van der Waals surface area contributed by atoms with Crippen LogP contribution in [0.25, 0.3) is 0 Å². The van der Waals surface area contributed by atoms with Crippen molar-refractivity contribution in [1.82, 2.24) is 4.90 Å². The van der Waals surface area contributed by atoms with E-state index in [-0.39, 0.29) is 6.17 Å². The van der Waals surface area contributed by atoms with Gasteiger partial charge in [0.1, 0.15) is 6.17 Å². The highest BCUT2D eigenvalue weighted by atomic mass is 15.3. The van der Waals surface area contributed by atoms with Gasteiger partial charge < -0.3 is 4.90 Å². The van der Waals surface area contributed by atoms with Gasteiger partial charge in [-0.05, 0) is 6.92 Å². The first-order valence-corrected chi connectivity index (χ1v) is 2.59. The molecular weight excluding hydrogens is 102 g/mol. The zero-order valence-corrected chi connectivity index (χ0v) is 5.07. The van der Waals surface area contributed by atoms with Gasteiger partial charge in [0.25, 0.3) is 0 Å².